The molecule has 2 N–H and O–H groups in total. The van der Waals surface area contributed by atoms with E-state index < -0.39 is 0 Å². The van der Waals surface area contributed by atoms with Crippen molar-refractivity contribution in [1.82, 2.24) is 15.1 Å². The first-order chi connectivity index (χ1) is 9.66. The Hall–Kier alpha value is -1.75. The summed E-state index contributed by atoms with van der Waals surface area (Å²) in [5.74, 6) is 1.23. The summed E-state index contributed by atoms with van der Waals surface area (Å²) < 4.78 is 5.37. The van der Waals surface area contributed by atoms with E-state index in [2.05, 4.69) is 15.1 Å². The zero-order chi connectivity index (χ0) is 14.0. The monoisotopic (exact) mass is 272 g/mol. The van der Waals surface area contributed by atoms with Crippen LogP contribution in [0.5, 0.6) is 0 Å². The predicted molar refractivity (Wildman–Crippen MR) is 76.0 cm³/mol. The molecule has 2 aromatic heterocycles. The van der Waals surface area contributed by atoms with E-state index in [9.17, 15) is 0 Å². The molecule has 1 aliphatic carbocycles. The third kappa shape index (κ3) is 2.72. The van der Waals surface area contributed by atoms with Gasteiger partial charge in [0, 0.05) is 29.9 Å². The lowest BCUT2D eigenvalue weighted by molar-refractivity contribution is 0.261. The van der Waals surface area contributed by atoms with Gasteiger partial charge in [0.15, 0.2) is 0 Å². The van der Waals surface area contributed by atoms with Gasteiger partial charge in [-0.15, -0.1) is 0 Å². The lowest BCUT2D eigenvalue weighted by Crippen LogP contribution is -2.43. The number of hydrogen-bond donors (Lipinski definition) is 1. The number of rotatable bonds is 3. The second-order valence-electron chi connectivity index (χ2n) is 5.80. The maximum absolute atomic E-state index is 6.43. The Morgan fingerprint density at radius 3 is 2.85 bits per heavy atom. The average molecular weight is 272 g/mol. The fourth-order valence-electron chi connectivity index (χ4n) is 2.87. The van der Waals surface area contributed by atoms with Gasteiger partial charge in [-0.3, -0.25) is 4.98 Å². The van der Waals surface area contributed by atoms with Crippen LogP contribution in [0.25, 0.3) is 11.4 Å². The van der Waals surface area contributed by atoms with Gasteiger partial charge in [-0.25, -0.2) is 0 Å². The Kier molecular flexibility index (Phi) is 3.53. The van der Waals surface area contributed by atoms with Gasteiger partial charge < -0.3 is 10.3 Å². The van der Waals surface area contributed by atoms with Crippen molar-refractivity contribution in [3.8, 4) is 11.4 Å². The molecule has 1 saturated carbocycles. The van der Waals surface area contributed by atoms with Gasteiger partial charge in [0.05, 0.1) is 0 Å². The van der Waals surface area contributed by atoms with Gasteiger partial charge in [0.1, 0.15) is 0 Å². The van der Waals surface area contributed by atoms with Crippen LogP contribution in [-0.4, -0.2) is 20.7 Å². The summed E-state index contributed by atoms with van der Waals surface area (Å²) in [6.45, 7) is 2.01. The molecule has 20 heavy (non-hydrogen) atoms. The summed E-state index contributed by atoms with van der Waals surface area (Å²) in [7, 11) is 0. The topological polar surface area (TPSA) is 77.8 Å². The predicted octanol–water partition coefficient (Wildman–Crippen LogP) is 2.64. The Morgan fingerprint density at radius 2 is 2.10 bits per heavy atom. The molecule has 0 unspecified atom stereocenters. The molecular formula is C15H20N4O. The molecule has 0 spiro atoms. The van der Waals surface area contributed by atoms with Gasteiger partial charge in [0.25, 0.3) is 0 Å². The highest BCUT2D eigenvalue weighted by molar-refractivity contribution is 5.57. The first-order valence-corrected chi connectivity index (χ1v) is 7.19. The number of hydrogen-bond acceptors (Lipinski definition) is 5. The minimum atomic E-state index is -0.175. The molecular weight excluding hydrogens is 252 g/mol. The van der Waals surface area contributed by atoms with Crippen molar-refractivity contribution < 1.29 is 4.52 Å². The first-order valence-electron chi connectivity index (χ1n) is 7.19. The first kappa shape index (κ1) is 13.2. The van der Waals surface area contributed by atoms with Crippen LogP contribution in [0.2, 0.25) is 0 Å². The van der Waals surface area contributed by atoms with Gasteiger partial charge >= 0.3 is 0 Å². The summed E-state index contributed by atoms with van der Waals surface area (Å²) >= 11 is 0. The molecule has 2 aromatic rings. The molecule has 0 bridgehead atoms. The van der Waals surface area contributed by atoms with Gasteiger partial charge in [-0.05, 0) is 31.4 Å². The minimum absolute atomic E-state index is 0.175. The van der Waals surface area contributed by atoms with Crippen LogP contribution >= 0.6 is 0 Å². The van der Waals surface area contributed by atoms with Crippen molar-refractivity contribution in [3.63, 3.8) is 0 Å². The zero-order valence-electron chi connectivity index (χ0n) is 11.8. The van der Waals surface area contributed by atoms with Crippen molar-refractivity contribution in [2.45, 2.75) is 51.0 Å². The van der Waals surface area contributed by atoms with Crippen LogP contribution < -0.4 is 5.73 Å². The Labute approximate surface area is 118 Å². The number of nitrogens with two attached hydrogens (primary N) is 1. The second kappa shape index (κ2) is 5.32. The molecule has 0 amide bonds. The van der Waals surface area contributed by atoms with E-state index in [4.69, 9.17) is 10.3 Å². The molecule has 0 aromatic carbocycles. The standard InChI is InChI=1S/C15H20N4O/c1-11-5-8-17-10-12(11)14-18-13(20-19-14)9-15(16)6-3-2-4-7-15/h5,8,10H,2-4,6-7,9,16H2,1H3. The molecule has 3 rings (SSSR count). The highest BCUT2D eigenvalue weighted by Gasteiger charge is 2.30. The molecule has 0 radical (unpaired) electrons. The highest BCUT2D eigenvalue weighted by atomic mass is 16.5. The molecule has 0 aliphatic heterocycles. The van der Waals surface area contributed by atoms with E-state index in [1.807, 2.05) is 13.0 Å². The van der Waals surface area contributed by atoms with E-state index in [-0.39, 0.29) is 5.54 Å². The summed E-state index contributed by atoms with van der Waals surface area (Å²) in [5, 5.41) is 4.06. The third-order valence-electron chi connectivity index (χ3n) is 4.10. The van der Waals surface area contributed by atoms with E-state index in [1.165, 1.54) is 19.3 Å². The maximum Gasteiger partial charge on any atom is 0.228 e. The van der Waals surface area contributed by atoms with Crippen molar-refractivity contribution >= 4 is 0 Å². The van der Waals surface area contributed by atoms with Crippen molar-refractivity contribution in [2.75, 3.05) is 0 Å². The van der Waals surface area contributed by atoms with Crippen LogP contribution in [0.15, 0.2) is 23.0 Å². The molecule has 1 aliphatic rings. The molecule has 0 saturated heterocycles. The summed E-state index contributed by atoms with van der Waals surface area (Å²) in [6, 6.07) is 1.94. The highest BCUT2D eigenvalue weighted by Crippen LogP contribution is 2.29. The fraction of sp³-hybridized carbons (Fsp3) is 0.533. The van der Waals surface area contributed by atoms with E-state index in [1.54, 1.807) is 12.4 Å². The summed E-state index contributed by atoms with van der Waals surface area (Å²) in [6.07, 6.45) is 9.94. The molecule has 2 heterocycles. The molecule has 5 heteroatoms. The SMILES string of the molecule is Cc1ccncc1-c1noc(CC2(N)CCCCC2)n1. The molecule has 1 fully saturated rings. The Morgan fingerprint density at radius 1 is 1.30 bits per heavy atom. The van der Waals surface area contributed by atoms with Gasteiger partial charge in [0.2, 0.25) is 11.7 Å². The van der Waals surface area contributed by atoms with E-state index in [0.717, 1.165) is 24.0 Å². The third-order valence-corrected chi connectivity index (χ3v) is 4.10. The number of pyridine rings is 1. The Balaban J connectivity index is 1.79. The number of aromatic nitrogens is 3. The molecule has 5 nitrogen and oxygen atoms in total. The van der Waals surface area contributed by atoms with E-state index >= 15 is 0 Å². The van der Waals surface area contributed by atoms with Crippen LogP contribution in [0.1, 0.15) is 43.6 Å². The maximum atomic E-state index is 6.43. The zero-order valence-corrected chi connectivity index (χ0v) is 11.8. The minimum Gasteiger partial charge on any atom is -0.339 e. The van der Waals surface area contributed by atoms with Crippen LogP contribution in [0, 0.1) is 6.92 Å². The lowest BCUT2D eigenvalue weighted by atomic mass is 9.80. The molecule has 106 valence electrons. The van der Waals surface area contributed by atoms with Crippen molar-refractivity contribution in [1.29, 1.82) is 0 Å². The van der Waals surface area contributed by atoms with E-state index in [0.29, 0.717) is 18.1 Å². The van der Waals surface area contributed by atoms with Crippen LogP contribution in [0.4, 0.5) is 0 Å². The fourth-order valence-corrected chi connectivity index (χ4v) is 2.87. The summed E-state index contributed by atoms with van der Waals surface area (Å²) in [5.41, 5.74) is 8.26. The van der Waals surface area contributed by atoms with Crippen LogP contribution in [-0.2, 0) is 6.42 Å². The Bertz CT molecular complexity index is 587. The van der Waals surface area contributed by atoms with Gasteiger partial charge in [-0.2, -0.15) is 4.98 Å². The quantitative estimate of drug-likeness (QED) is 0.929. The average Bonchev–Trinajstić information content (AvgIpc) is 2.87. The smallest absolute Gasteiger partial charge is 0.228 e. The van der Waals surface area contributed by atoms with Crippen molar-refractivity contribution in [2.24, 2.45) is 5.73 Å². The van der Waals surface area contributed by atoms with Crippen LogP contribution in [0.3, 0.4) is 0 Å². The number of nitrogens with zero attached hydrogens (tertiary/aromatic N) is 3. The normalized spacial score (nSPS) is 18.1. The second-order valence-corrected chi connectivity index (χ2v) is 5.80. The summed E-state index contributed by atoms with van der Waals surface area (Å²) in [4.78, 5) is 8.60. The largest absolute Gasteiger partial charge is 0.339 e. The molecule has 0 atom stereocenters. The van der Waals surface area contributed by atoms with Crippen molar-refractivity contribution in [3.05, 3.63) is 29.9 Å². The van der Waals surface area contributed by atoms with Gasteiger partial charge in [-0.1, -0.05) is 24.4 Å². The lowest BCUT2D eigenvalue weighted by Gasteiger charge is -2.31. The number of aryl methyl sites for hydroxylation is 1.